The van der Waals surface area contributed by atoms with Crippen molar-refractivity contribution < 1.29 is 36.2 Å². The number of aromatic nitrogens is 3. The third-order valence-electron chi connectivity index (χ3n) is 6.48. The quantitative estimate of drug-likeness (QED) is 0.464. The van der Waals surface area contributed by atoms with Gasteiger partial charge in [-0.05, 0) is 25.1 Å². The van der Waals surface area contributed by atoms with Gasteiger partial charge in [0, 0.05) is 31.6 Å². The predicted octanol–water partition coefficient (Wildman–Crippen LogP) is 2.20. The van der Waals surface area contributed by atoms with Crippen LogP contribution in [0.15, 0.2) is 24.7 Å². The monoisotopic (exact) mass is 533 g/mol. The first kappa shape index (κ1) is 26.9. The molecule has 0 spiro atoms. The molecular formula is C22H25F6N7O2. The standard InChI is InChI=1S/C22H25F6N7O2/c23-18-19(31-6-12-3-4-34(8-16(12)36)9-17(29)37)32-11-33-20(18)35-10-21(24,25)5-15(35)14-2-1-13(7-30-14)22(26,27)28/h1-2,7,11-12,15-16,36H,3-6,8-10H2,(H2,29,37)(H,31,32,33)/t12?,15-,16?/m1/s1. The van der Waals surface area contributed by atoms with E-state index in [0.29, 0.717) is 19.2 Å². The molecule has 15 heteroatoms. The van der Waals surface area contributed by atoms with E-state index in [1.165, 1.54) is 0 Å². The fraction of sp³-hybridized carbons (Fsp3) is 0.545. The minimum absolute atomic E-state index is 0.0104. The normalized spacial score (nSPS) is 24.3. The molecule has 0 saturated carbocycles. The maximum Gasteiger partial charge on any atom is 0.417 e. The number of amides is 1. The van der Waals surface area contributed by atoms with Gasteiger partial charge in [0.05, 0.1) is 36.5 Å². The summed E-state index contributed by atoms with van der Waals surface area (Å²) in [6, 6.07) is 0.512. The first-order chi connectivity index (χ1) is 17.3. The Kier molecular flexibility index (Phi) is 7.46. The van der Waals surface area contributed by atoms with Crippen molar-refractivity contribution in [3.05, 3.63) is 41.7 Å². The van der Waals surface area contributed by atoms with Gasteiger partial charge in [-0.15, -0.1) is 0 Å². The molecule has 0 aliphatic carbocycles. The number of hydrogen-bond donors (Lipinski definition) is 3. The van der Waals surface area contributed by atoms with Gasteiger partial charge in [-0.3, -0.25) is 14.7 Å². The van der Waals surface area contributed by atoms with Crippen LogP contribution < -0.4 is 16.0 Å². The van der Waals surface area contributed by atoms with Crippen LogP contribution >= 0.6 is 0 Å². The number of carbonyl (C=O) groups excluding carboxylic acids is 1. The molecular weight excluding hydrogens is 508 g/mol. The van der Waals surface area contributed by atoms with Crippen molar-refractivity contribution >= 4 is 17.5 Å². The third kappa shape index (κ3) is 6.21. The van der Waals surface area contributed by atoms with Crippen molar-refractivity contribution in [3.63, 3.8) is 0 Å². The Hall–Kier alpha value is -3.20. The number of anilines is 2. The number of rotatable bonds is 7. The number of halogens is 6. The number of nitrogens with one attached hydrogen (secondary N) is 1. The summed E-state index contributed by atoms with van der Waals surface area (Å²) in [5, 5.41) is 13.2. The van der Waals surface area contributed by atoms with E-state index in [0.717, 1.165) is 23.4 Å². The van der Waals surface area contributed by atoms with Gasteiger partial charge in [0.25, 0.3) is 5.92 Å². The Morgan fingerprint density at radius 1 is 1.24 bits per heavy atom. The fourth-order valence-corrected chi connectivity index (χ4v) is 4.63. The number of likely N-dealkylation sites (tertiary alicyclic amines) is 1. The third-order valence-corrected chi connectivity index (χ3v) is 6.48. The SMILES string of the molecule is NC(=O)CN1CCC(CNc2ncnc(N3CC(F)(F)C[C@@H]3c3ccc(C(F)(F)F)cn3)c2F)C(O)C1. The Balaban J connectivity index is 1.50. The average molecular weight is 533 g/mol. The molecule has 2 aromatic heterocycles. The van der Waals surface area contributed by atoms with Gasteiger partial charge >= 0.3 is 6.18 Å². The molecule has 2 unspecified atom stereocenters. The Bertz CT molecular complexity index is 1120. The van der Waals surface area contributed by atoms with E-state index < -0.39 is 60.3 Å². The second-order valence-electron chi connectivity index (χ2n) is 9.23. The van der Waals surface area contributed by atoms with Crippen molar-refractivity contribution in [2.45, 2.75) is 37.1 Å². The van der Waals surface area contributed by atoms with Gasteiger partial charge in [0.2, 0.25) is 11.7 Å². The summed E-state index contributed by atoms with van der Waals surface area (Å²) in [5.41, 5.74) is 4.07. The van der Waals surface area contributed by atoms with Gasteiger partial charge in [-0.2, -0.15) is 17.6 Å². The van der Waals surface area contributed by atoms with Crippen LogP contribution in [0.3, 0.4) is 0 Å². The van der Waals surface area contributed by atoms with E-state index in [9.17, 15) is 31.9 Å². The number of pyridine rings is 1. The molecule has 4 rings (SSSR count). The molecule has 9 nitrogen and oxygen atoms in total. The van der Waals surface area contributed by atoms with E-state index in [2.05, 4.69) is 20.3 Å². The summed E-state index contributed by atoms with van der Waals surface area (Å²) >= 11 is 0. The Morgan fingerprint density at radius 3 is 2.62 bits per heavy atom. The lowest BCUT2D eigenvalue weighted by Gasteiger charge is -2.35. The molecule has 0 radical (unpaired) electrons. The Morgan fingerprint density at radius 2 is 2.00 bits per heavy atom. The smallest absolute Gasteiger partial charge is 0.391 e. The Labute approximate surface area is 207 Å². The zero-order chi connectivity index (χ0) is 27.0. The molecule has 4 N–H and O–H groups in total. The highest BCUT2D eigenvalue weighted by molar-refractivity contribution is 5.75. The van der Waals surface area contributed by atoms with E-state index in [4.69, 9.17) is 5.73 Å². The lowest BCUT2D eigenvalue weighted by molar-refractivity contribution is -0.137. The molecule has 37 heavy (non-hydrogen) atoms. The van der Waals surface area contributed by atoms with Crippen molar-refractivity contribution in [1.82, 2.24) is 19.9 Å². The minimum atomic E-state index is -4.64. The first-order valence-corrected chi connectivity index (χ1v) is 11.4. The van der Waals surface area contributed by atoms with Crippen LogP contribution in [-0.4, -0.2) is 75.6 Å². The molecule has 2 saturated heterocycles. The van der Waals surface area contributed by atoms with Gasteiger partial charge in [-0.1, -0.05) is 0 Å². The van der Waals surface area contributed by atoms with Crippen molar-refractivity contribution in [2.24, 2.45) is 11.7 Å². The number of alkyl halides is 5. The summed E-state index contributed by atoms with van der Waals surface area (Å²) in [7, 11) is 0. The maximum atomic E-state index is 15.4. The van der Waals surface area contributed by atoms with E-state index in [1.807, 2.05) is 0 Å². The number of primary amides is 1. The molecule has 3 atom stereocenters. The van der Waals surface area contributed by atoms with Crippen molar-refractivity contribution in [2.75, 3.05) is 42.9 Å². The highest BCUT2D eigenvalue weighted by atomic mass is 19.4. The van der Waals surface area contributed by atoms with Crippen LogP contribution in [0.1, 0.15) is 30.1 Å². The highest BCUT2D eigenvalue weighted by Gasteiger charge is 2.48. The van der Waals surface area contributed by atoms with Gasteiger partial charge in [-0.25, -0.2) is 18.7 Å². The van der Waals surface area contributed by atoms with E-state index in [1.54, 1.807) is 4.90 Å². The van der Waals surface area contributed by atoms with Crippen LogP contribution in [0.5, 0.6) is 0 Å². The fourth-order valence-electron chi connectivity index (χ4n) is 4.63. The zero-order valence-electron chi connectivity index (χ0n) is 19.4. The number of carbonyl (C=O) groups is 1. The topological polar surface area (TPSA) is 120 Å². The van der Waals surface area contributed by atoms with Gasteiger partial charge < -0.3 is 21.1 Å². The lowest BCUT2D eigenvalue weighted by atomic mass is 9.93. The van der Waals surface area contributed by atoms with Crippen molar-refractivity contribution in [1.29, 1.82) is 0 Å². The molecule has 2 aliphatic heterocycles. The van der Waals surface area contributed by atoms with Gasteiger partial charge in [0.1, 0.15) is 6.33 Å². The van der Waals surface area contributed by atoms with Crippen molar-refractivity contribution in [3.8, 4) is 0 Å². The summed E-state index contributed by atoms with van der Waals surface area (Å²) in [4.78, 5) is 25.1. The minimum Gasteiger partial charge on any atom is -0.391 e. The zero-order valence-corrected chi connectivity index (χ0v) is 19.4. The molecule has 1 amide bonds. The van der Waals surface area contributed by atoms with Crippen LogP contribution in [0.4, 0.5) is 38.0 Å². The summed E-state index contributed by atoms with van der Waals surface area (Å²) in [6.07, 6.45) is -4.23. The number of nitrogens with two attached hydrogens (primary N) is 1. The van der Waals surface area contributed by atoms with Gasteiger partial charge in [0.15, 0.2) is 11.6 Å². The number of aliphatic hydroxyl groups excluding tert-OH is 1. The molecule has 202 valence electrons. The van der Waals surface area contributed by atoms with Crippen LogP contribution in [-0.2, 0) is 11.0 Å². The van der Waals surface area contributed by atoms with Crippen LogP contribution in [0.25, 0.3) is 0 Å². The highest BCUT2D eigenvalue weighted by Crippen LogP contribution is 2.44. The molecule has 0 bridgehead atoms. The maximum absolute atomic E-state index is 15.4. The second kappa shape index (κ2) is 10.3. The summed E-state index contributed by atoms with van der Waals surface area (Å²) in [6.45, 7) is -0.0910. The molecule has 4 heterocycles. The summed E-state index contributed by atoms with van der Waals surface area (Å²) in [5.74, 6) is -5.82. The predicted molar refractivity (Wildman–Crippen MR) is 119 cm³/mol. The van der Waals surface area contributed by atoms with Crippen LogP contribution in [0, 0.1) is 11.7 Å². The van der Waals surface area contributed by atoms with Crippen LogP contribution in [0.2, 0.25) is 0 Å². The lowest BCUT2D eigenvalue weighted by Crippen LogP contribution is -2.48. The molecule has 0 aromatic carbocycles. The second-order valence-corrected chi connectivity index (χ2v) is 9.23. The number of nitrogens with zero attached hydrogens (tertiary/aromatic N) is 5. The van der Waals surface area contributed by atoms with E-state index in [-0.39, 0.29) is 37.1 Å². The average Bonchev–Trinajstić information content (AvgIpc) is 3.13. The number of aliphatic hydroxyl groups is 1. The largest absolute Gasteiger partial charge is 0.417 e. The summed E-state index contributed by atoms with van der Waals surface area (Å²) < 4.78 is 82.8. The first-order valence-electron chi connectivity index (χ1n) is 11.4. The molecule has 2 aromatic rings. The van der Waals surface area contributed by atoms with E-state index >= 15 is 4.39 Å². The number of piperidine rings is 1. The number of hydrogen-bond acceptors (Lipinski definition) is 8. The molecule has 2 aliphatic rings. The molecule has 2 fully saturated rings. The number of β-amino-alcohol motifs (C(OH)–C–C–N with tert-alkyl or cyclic N) is 1.